The molecular weight excluding hydrogens is 323 g/mol. The van der Waals surface area contributed by atoms with Crippen molar-refractivity contribution >= 4 is 23.2 Å². The second-order valence-electron chi connectivity index (χ2n) is 6.29. The molecule has 0 aromatic heterocycles. The largest absolute Gasteiger partial charge is 0.381 e. The van der Waals surface area contributed by atoms with Gasteiger partial charge in [-0.05, 0) is 37.6 Å². The molecule has 0 bridgehead atoms. The number of hydrogen-bond acceptors (Lipinski definition) is 4. The first kappa shape index (κ1) is 15.5. The highest BCUT2D eigenvalue weighted by molar-refractivity contribution is 6.32. The van der Waals surface area contributed by atoms with E-state index in [2.05, 4.69) is 5.16 Å². The minimum atomic E-state index is -0.965. The molecule has 0 radical (unpaired) electrons. The summed E-state index contributed by atoms with van der Waals surface area (Å²) in [5.74, 6) is -1.99. The Hall–Kier alpha value is -3.02. The summed E-state index contributed by atoms with van der Waals surface area (Å²) >= 11 is 0. The third-order valence-corrected chi connectivity index (χ3v) is 4.55. The van der Waals surface area contributed by atoms with Crippen molar-refractivity contribution in [3.05, 3.63) is 65.0 Å². The zero-order valence-corrected chi connectivity index (χ0v) is 13.7. The molecule has 0 aliphatic carbocycles. The zero-order chi connectivity index (χ0) is 17.7. The molecule has 0 N–H and O–H groups in total. The Balaban J connectivity index is 1.72. The van der Waals surface area contributed by atoms with Gasteiger partial charge in [0.1, 0.15) is 17.4 Å². The van der Waals surface area contributed by atoms with Gasteiger partial charge in [-0.3, -0.25) is 9.59 Å². The first-order valence-electron chi connectivity index (χ1n) is 7.92. The van der Waals surface area contributed by atoms with Crippen LogP contribution < -0.4 is 4.90 Å². The number of imide groups is 1. The molecule has 1 saturated heterocycles. The summed E-state index contributed by atoms with van der Waals surface area (Å²) in [6, 6.07) is 11.2. The lowest BCUT2D eigenvalue weighted by Gasteiger charge is -2.18. The fourth-order valence-corrected chi connectivity index (χ4v) is 3.33. The van der Waals surface area contributed by atoms with Crippen molar-refractivity contribution in [1.29, 1.82) is 0 Å². The SMILES string of the molecule is Cc1ccc(N2C(=O)[C@@H]3C(c4ccc(F)cc4)=NO[C@@H]3C2=O)c(C)c1. The van der Waals surface area contributed by atoms with Crippen LogP contribution in [-0.2, 0) is 14.4 Å². The molecule has 6 heteroatoms. The molecule has 2 heterocycles. The molecule has 2 amide bonds. The van der Waals surface area contributed by atoms with Crippen molar-refractivity contribution in [3.8, 4) is 0 Å². The number of oxime groups is 1. The Morgan fingerprint density at radius 3 is 2.44 bits per heavy atom. The molecule has 25 heavy (non-hydrogen) atoms. The maximum absolute atomic E-state index is 13.1. The van der Waals surface area contributed by atoms with E-state index in [1.165, 1.54) is 29.2 Å². The minimum Gasteiger partial charge on any atom is -0.381 e. The number of fused-ring (bicyclic) bond motifs is 1. The van der Waals surface area contributed by atoms with Crippen LogP contribution in [0.2, 0.25) is 0 Å². The van der Waals surface area contributed by atoms with E-state index in [1.807, 2.05) is 26.0 Å². The number of benzene rings is 2. The number of halogens is 1. The van der Waals surface area contributed by atoms with E-state index in [-0.39, 0.29) is 11.7 Å². The molecule has 2 aliphatic heterocycles. The molecule has 2 aromatic carbocycles. The van der Waals surface area contributed by atoms with Gasteiger partial charge in [-0.25, -0.2) is 9.29 Å². The van der Waals surface area contributed by atoms with Crippen LogP contribution in [0.1, 0.15) is 16.7 Å². The van der Waals surface area contributed by atoms with Crippen LogP contribution in [0.4, 0.5) is 10.1 Å². The van der Waals surface area contributed by atoms with E-state index in [0.29, 0.717) is 17.0 Å². The third kappa shape index (κ3) is 2.33. The molecule has 1 fully saturated rings. The summed E-state index contributed by atoms with van der Waals surface area (Å²) in [6.07, 6.45) is -0.965. The van der Waals surface area contributed by atoms with Crippen molar-refractivity contribution in [1.82, 2.24) is 0 Å². The van der Waals surface area contributed by atoms with E-state index in [1.54, 1.807) is 6.07 Å². The highest BCUT2D eigenvalue weighted by Gasteiger charge is 2.56. The monoisotopic (exact) mass is 338 g/mol. The summed E-state index contributed by atoms with van der Waals surface area (Å²) < 4.78 is 13.1. The molecule has 5 nitrogen and oxygen atoms in total. The fourth-order valence-electron chi connectivity index (χ4n) is 3.33. The van der Waals surface area contributed by atoms with Crippen molar-refractivity contribution in [2.75, 3.05) is 4.90 Å². The first-order chi connectivity index (χ1) is 12.0. The van der Waals surface area contributed by atoms with Crippen molar-refractivity contribution in [2.45, 2.75) is 20.0 Å². The van der Waals surface area contributed by atoms with Crippen LogP contribution in [-0.4, -0.2) is 23.6 Å². The molecule has 0 saturated carbocycles. The number of nitrogens with zero attached hydrogens (tertiary/aromatic N) is 2. The highest BCUT2D eigenvalue weighted by atomic mass is 19.1. The fraction of sp³-hybridized carbons (Fsp3) is 0.211. The standard InChI is InChI=1S/C19H15FN2O3/c1-10-3-8-14(11(2)9-10)22-18(23)15-16(21-25-17(15)19(22)24)12-4-6-13(20)7-5-12/h3-9,15,17H,1-2H3/t15-,17+/m1/s1. The lowest BCUT2D eigenvalue weighted by Crippen LogP contribution is -2.33. The number of carbonyl (C=O) groups excluding carboxylic acids is 2. The Labute approximate surface area is 143 Å². The number of aryl methyl sites for hydroxylation is 2. The second kappa shape index (κ2) is 5.51. The number of rotatable bonds is 2. The van der Waals surface area contributed by atoms with Crippen molar-refractivity contribution < 1.29 is 18.8 Å². The van der Waals surface area contributed by atoms with Crippen molar-refractivity contribution in [3.63, 3.8) is 0 Å². The molecule has 2 aromatic rings. The molecule has 0 unspecified atom stereocenters. The van der Waals surface area contributed by atoms with Gasteiger partial charge in [-0.2, -0.15) is 0 Å². The Morgan fingerprint density at radius 2 is 1.76 bits per heavy atom. The van der Waals surface area contributed by atoms with Crippen LogP contribution in [0.3, 0.4) is 0 Å². The summed E-state index contributed by atoms with van der Waals surface area (Å²) in [4.78, 5) is 32.1. The van der Waals surface area contributed by atoms with Gasteiger partial charge in [0.05, 0.1) is 5.69 Å². The van der Waals surface area contributed by atoms with Crippen LogP contribution in [0.5, 0.6) is 0 Å². The van der Waals surface area contributed by atoms with E-state index < -0.39 is 17.9 Å². The van der Waals surface area contributed by atoms with Gasteiger partial charge in [0.15, 0.2) is 0 Å². The topological polar surface area (TPSA) is 59.0 Å². The Morgan fingerprint density at radius 1 is 1.04 bits per heavy atom. The third-order valence-electron chi connectivity index (χ3n) is 4.55. The smallest absolute Gasteiger partial charge is 0.278 e. The predicted octanol–water partition coefficient (Wildman–Crippen LogP) is 2.74. The normalized spacial score (nSPS) is 22.0. The van der Waals surface area contributed by atoms with Gasteiger partial charge < -0.3 is 4.84 Å². The molecule has 2 atom stereocenters. The Bertz CT molecular complexity index is 921. The van der Waals surface area contributed by atoms with Crippen LogP contribution in [0.25, 0.3) is 0 Å². The second-order valence-corrected chi connectivity index (χ2v) is 6.29. The molecule has 4 rings (SSSR count). The van der Waals surface area contributed by atoms with Crippen molar-refractivity contribution in [2.24, 2.45) is 11.1 Å². The van der Waals surface area contributed by atoms with Gasteiger partial charge in [0.2, 0.25) is 12.0 Å². The lowest BCUT2D eigenvalue weighted by molar-refractivity contribution is -0.126. The molecule has 126 valence electrons. The van der Waals surface area contributed by atoms with E-state index in [9.17, 15) is 14.0 Å². The van der Waals surface area contributed by atoms with E-state index in [0.717, 1.165) is 11.1 Å². The summed E-state index contributed by atoms with van der Waals surface area (Å²) in [5.41, 5.74) is 3.36. The Kier molecular flexibility index (Phi) is 3.42. The number of carbonyl (C=O) groups is 2. The van der Waals surface area contributed by atoms with Gasteiger partial charge >= 0.3 is 0 Å². The summed E-state index contributed by atoms with van der Waals surface area (Å²) in [7, 11) is 0. The number of hydrogen-bond donors (Lipinski definition) is 0. The maximum Gasteiger partial charge on any atom is 0.278 e. The highest BCUT2D eigenvalue weighted by Crippen LogP contribution is 2.36. The van der Waals surface area contributed by atoms with Crippen LogP contribution in [0, 0.1) is 25.6 Å². The molecule has 0 spiro atoms. The molecule has 2 aliphatic rings. The number of anilines is 1. The maximum atomic E-state index is 13.1. The van der Waals surface area contributed by atoms with E-state index >= 15 is 0 Å². The molecular formula is C19H15FN2O3. The zero-order valence-electron chi connectivity index (χ0n) is 13.7. The van der Waals surface area contributed by atoms with Gasteiger partial charge in [0, 0.05) is 5.56 Å². The van der Waals surface area contributed by atoms with Gasteiger partial charge in [-0.1, -0.05) is 35.0 Å². The number of amides is 2. The van der Waals surface area contributed by atoms with Crippen LogP contribution >= 0.6 is 0 Å². The van der Waals surface area contributed by atoms with Gasteiger partial charge in [-0.15, -0.1) is 0 Å². The van der Waals surface area contributed by atoms with Gasteiger partial charge in [0.25, 0.3) is 5.91 Å². The average molecular weight is 338 g/mol. The lowest BCUT2D eigenvalue weighted by atomic mass is 9.94. The van der Waals surface area contributed by atoms with Crippen LogP contribution in [0.15, 0.2) is 47.6 Å². The summed E-state index contributed by atoms with van der Waals surface area (Å²) in [5, 5.41) is 3.91. The quantitative estimate of drug-likeness (QED) is 0.791. The van der Waals surface area contributed by atoms with E-state index in [4.69, 9.17) is 4.84 Å². The summed E-state index contributed by atoms with van der Waals surface area (Å²) in [6.45, 7) is 3.80. The first-order valence-corrected chi connectivity index (χ1v) is 7.92. The average Bonchev–Trinajstić information content (AvgIpc) is 3.11. The predicted molar refractivity (Wildman–Crippen MR) is 89.7 cm³/mol. The minimum absolute atomic E-state index is 0.357.